The second-order valence-corrected chi connectivity index (χ2v) is 14.0. The molecular weight excluding hydrogens is 489 g/mol. The van der Waals surface area contributed by atoms with Crippen LogP contribution in [0.3, 0.4) is 0 Å². The van der Waals surface area contributed by atoms with Crippen LogP contribution in [0.2, 0.25) is 0 Å². The molecule has 0 radical (unpaired) electrons. The first kappa shape index (κ1) is 25.2. The van der Waals surface area contributed by atoms with Crippen molar-refractivity contribution in [2.75, 3.05) is 0 Å². The Bertz CT molecular complexity index is 1600. The number of fused-ring (bicyclic) bond motifs is 1. The highest BCUT2D eigenvalue weighted by molar-refractivity contribution is 7.95. The summed E-state index contributed by atoms with van der Waals surface area (Å²) in [7, 11) is -1.98. The second kappa shape index (κ2) is 11.0. The van der Waals surface area contributed by atoms with Crippen LogP contribution in [0.25, 0.3) is 22.0 Å². The van der Waals surface area contributed by atoms with Gasteiger partial charge in [0.2, 0.25) is 0 Å². The summed E-state index contributed by atoms with van der Waals surface area (Å²) >= 11 is 0. The van der Waals surface area contributed by atoms with Crippen molar-refractivity contribution in [2.45, 2.75) is 25.9 Å². The normalized spacial score (nSPS) is 11.7. The third-order valence-corrected chi connectivity index (χ3v) is 12.0. The number of aromatic nitrogens is 1. The highest BCUT2D eigenvalue weighted by atomic mass is 31.2. The van der Waals surface area contributed by atoms with E-state index in [-0.39, 0.29) is 0 Å². The van der Waals surface area contributed by atoms with Crippen LogP contribution in [0.15, 0.2) is 146 Å². The summed E-state index contributed by atoms with van der Waals surface area (Å²) in [5.74, 6) is 0.448. The zero-order chi connectivity index (χ0) is 26.7. The standard InChI is InChI=1S/C37H33NP/c1-28(2)32-25-31-16-13-23-38-37(31)36(26-32)30-15-12-14-29(24-30)27-39(33-17-6-3-7-18-33,34-19-8-4-9-20-34)35-21-10-5-11-22-35/h3-26,28H,27H2,1-2H3/q+1. The van der Waals surface area contributed by atoms with E-state index in [1.54, 1.807) is 0 Å². The minimum atomic E-state index is -1.98. The van der Waals surface area contributed by atoms with E-state index in [0.29, 0.717) is 5.92 Å². The van der Waals surface area contributed by atoms with Crippen LogP contribution in [0.5, 0.6) is 0 Å². The first-order valence-corrected chi connectivity index (χ1v) is 15.7. The third-order valence-electron chi connectivity index (χ3n) is 7.64. The lowest BCUT2D eigenvalue weighted by Crippen LogP contribution is -2.32. The lowest BCUT2D eigenvalue weighted by molar-refractivity contribution is 0.869. The van der Waals surface area contributed by atoms with E-state index in [1.807, 2.05) is 12.3 Å². The SMILES string of the molecule is CC(C)c1cc(-c2cccc(C[P+](c3ccccc3)(c3ccccc3)c3ccccc3)c2)c2ncccc2c1. The van der Waals surface area contributed by atoms with Gasteiger partial charge in [-0.1, -0.05) is 92.7 Å². The fourth-order valence-electron chi connectivity index (χ4n) is 5.65. The number of pyridine rings is 1. The summed E-state index contributed by atoms with van der Waals surface area (Å²) in [6, 6.07) is 51.4. The van der Waals surface area contributed by atoms with Crippen molar-refractivity contribution in [1.29, 1.82) is 0 Å². The molecule has 6 aromatic rings. The number of rotatable bonds is 7. The zero-order valence-electron chi connectivity index (χ0n) is 22.5. The highest BCUT2D eigenvalue weighted by Crippen LogP contribution is 2.58. The predicted molar refractivity (Wildman–Crippen MR) is 170 cm³/mol. The van der Waals surface area contributed by atoms with Crippen molar-refractivity contribution in [1.82, 2.24) is 4.98 Å². The van der Waals surface area contributed by atoms with E-state index in [2.05, 4.69) is 147 Å². The summed E-state index contributed by atoms with van der Waals surface area (Å²) in [6.07, 6.45) is 2.86. The fraction of sp³-hybridized carbons (Fsp3) is 0.108. The molecule has 0 aliphatic carbocycles. The van der Waals surface area contributed by atoms with Gasteiger partial charge in [0.15, 0.2) is 0 Å². The van der Waals surface area contributed by atoms with Gasteiger partial charge < -0.3 is 0 Å². The minimum Gasteiger partial charge on any atom is -0.256 e. The Hall–Kier alpha value is -4.06. The Kier molecular flexibility index (Phi) is 7.10. The first-order valence-electron chi connectivity index (χ1n) is 13.7. The maximum absolute atomic E-state index is 4.81. The third kappa shape index (κ3) is 4.91. The maximum Gasteiger partial charge on any atom is 0.116 e. The van der Waals surface area contributed by atoms with Crippen molar-refractivity contribution < 1.29 is 0 Å². The number of hydrogen-bond acceptors (Lipinski definition) is 1. The van der Waals surface area contributed by atoms with E-state index in [1.165, 1.54) is 43.6 Å². The molecule has 5 aromatic carbocycles. The molecule has 1 heterocycles. The van der Waals surface area contributed by atoms with E-state index in [9.17, 15) is 0 Å². The second-order valence-electron chi connectivity index (χ2n) is 10.5. The van der Waals surface area contributed by atoms with Crippen LogP contribution in [0.4, 0.5) is 0 Å². The predicted octanol–water partition coefficient (Wildman–Crippen LogP) is 8.52. The lowest BCUT2D eigenvalue weighted by atomic mass is 9.93. The summed E-state index contributed by atoms with van der Waals surface area (Å²) in [5, 5.41) is 5.41. The van der Waals surface area contributed by atoms with E-state index in [4.69, 9.17) is 4.98 Å². The molecule has 0 spiro atoms. The molecule has 1 aromatic heterocycles. The van der Waals surface area contributed by atoms with Gasteiger partial charge >= 0.3 is 0 Å². The van der Waals surface area contributed by atoms with Gasteiger partial charge in [0.25, 0.3) is 0 Å². The van der Waals surface area contributed by atoms with E-state index < -0.39 is 7.26 Å². The Balaban J connectivity index is 1.55. The minimum absolute atomic E-state index is 0.448. The molecule has 39 heavy (non-hydrogen) atoms. The van der Waals surface area contributed by atoms with Crippen LogP contribution in [-0.4, -0.2) is 4.98 Å². The first-order chi connectivity index (χ1) is 19.1. The summed E-state index contributed by atoms with van der Waals surface area (Å²) in [5.41, 5.74) is 6.19. The lowest BCUT2D eigenvalue weighted by Gasteiger charge is -2.28. The largest absolute Gasteiger partial charge is 0.256 e. The molecule has 0 atom stereocenters. The van der Waals surface area contributed by atoms with Gasteiger partial charge in [-0.05, 0) is 83.3 Å². The monoisotopic (exact) mass is 522 g/mol. The molecule has 0 amide bonds. The average molecular weight is 523 g/mol. The molecule has 2 heteroatoms. The van der Waals surface area contributed by atoms with Crippen LogP contribution in [-0.2, 0) is 6.16 Å². The molecule has 0 unspecified atom stereocenters. The molecule has 0 bridgehead atoms. The fourth-order valence-corrected chi connectivity index (χ4v) is 9.88. The van der Waals surface area contributed by atoms with Crippen molar-refractivity contribution in [2.24, 2.45) is 0 Å². The Morgan fingerprint density at radius 1 is 0.590 bits per heavy atom. The van der Waals surface area contributed by atoms with Gasteiger partial charge in [-0.25, -0.2) is 0 Å². The Morgan fingerprint density at radius 3 is 1.74 bits per heavy atom. The highest BCUT2D eigenvalue weighted by Gasteiger charge is 2.45. The molecule has 0 aliphatic rings. The van der Waals surface area contributed by atoms with Gasteiger partial charge in [0, 0.05) is 17.1 Å². The summed E-state index contributed by atoms with van der Waals surface area (Å²) < 4.78 is 0. The maximum atomic E-state index is 4.81. The molecule has 0 saturated carbocycles. The van der Waals surface area contributed by atoms with Gasteiger partial charge in [0.1, 0.15) is 23.2 Å². The van der Waals surface area contributed by atoms with Crippen LogP contribution in [0, 0.1) is 0 Å². The molecule has 1 nitrogen and oxygen atoms in total. The quantitative estimate of drug-likeness (QED) is 0.192. The van der Waals surface area contributed by atoms with Gasteiger partial charge in [-0.3, -0.25) is 4.98 Å². The van der Waals surface area contributed by atoms with Crippen LogP contribution in [0.1, 0.15) is 30.9 Å². The summed E-state index contributed by atoms with van der Waals surface area (Å²) in [4.78, 5) is 4.81. The van der Waals surface area contributed by atoms with Crippen LogP contribution < -0.4 is 15.9 Å². The topological polar surface area (TPSA) is 12.9 Å². The van der Waals surface area contributed by atoms with Crippen molar-refractivity contribution >= 4 is 34.1 Å². The Morgan fingerprint density at radius 2 is 1.18 bits per heavy atom. The zero-order valence-corrected chi connectivity index (χ0v) is 23.4. The molecule has 0 fully saturated rings. The Labute approximate surface area is 232 Å². The van der Waals surface area contributed by atoms with Gasteiger partial charge in [-0.15, -0.1) is 0 Å². The van der Waals surface area contributed by atoms with Crippen molar-refractivity contribution in [3.8, 4) is 11.1 Å². The van der Waals surface area contributed by atoms with E-state index in [0.717, 1.165) is 11.7 Å². The molecule has 6 rings (SSSR count). The van der Waals surface area contributed by atoms with Crippen molar-refractivity contribution in [3.05, 3.63) is 157 Å². The average Bonchev–Trinajstić information content (AvgIpc) is 3.01. The summed E-state index contributed by atoms with van der Waals surface area (Å²) in [6.45, 7) is 4.52. The molecular formula is C37H33NP+. The number of nitrogens with zero attached hydrogens (tertiary/aromatic N) is 1. The van der Waals surface area contributed by atoms with Crippen molar-refractivity contribution in [3.63, 3.8) is 0 Å². The molecule has 190 valence electrons. The molecule has 0 aliphatic heterocycles. The van der Waals surface area contributed by atoms with Crippen LogP contribution >= 0.6 is 7.26 Å². The number of hydrogen-bond donors (Lipinski definition) is 0. The molecule has 0 saturated heterocycles. The van der Waals surface area contributed by atoms with Gasteiger partial charge in [-0.2, -0.15) is 0 Å². The smallest absolute Gasteiger partial charge is 0.116 e. The van der Waals surface area contributed by atoms with Gasteiger partial charge in [0.05, 0.1) is 11.7 Å². The number of benzene rings is 5. The van der Waals surface area contributed by atoms with E-state index >= 15 is 0 Å². The molecule has 0 N–H and O–H groups in total.